The van der Waals surface area contributed by atoms with E-state index in [4.69, 9.17) is 0 Å². The summed E-state index contributed by atoms with van der Waals surface area (Å²) < 4.78 is 0. The van der Waals surface area contributed by atoms with Gasteiger partial charge in [-0.15, -0.1) is 0 Å². The molecule has 0 aliphatic rings. The van der Waals surface area contributed by atoms with Gasteiger partial charge in [-0.1, -0.05) is 12.1 Å². The lowest BCUT2D eigenvalue weighted by atomic mass is 10.1. The third-order valence-electron chi connectivity index (χ3n) is 3.79. The Balaban J connectivity index is 2.96. The van der Waals surface area contributed by atoms with Crippen molar-refractivity contribution in [1.82, 2.24) is 9.88 Å². The highest BCUT2D eigenvalue weighted by Gasteiger charge is 2.02. The zero-order valence-corrected chi connectivity index (χ0v) is 14.6. The van der Waals surface area contributed by atoms with E-state index in [-0.39, 0.29) is 0 Å². The second kappa shape index (κ2) is 8.98. The number of hydrogen-bond acceptors (Lipinski definition) is 3. The molecule has 1 rings (SSSR count). The van der Waals surface area contributed by atoms with Crippen molar-refractivity contribution >= 4 is 5.71 Å². The zero-order chi connectivity index (χ0) is 16.5. The maximum absolute atomic E-state index is 4.36. The molecule has 0 atom stereocenters. The fourth-order valence-electron chi connectivity index (χ4n) is 1.84. The molecule has 0 radical (unpaired) electrons. The number of aliphatic imine (C=N–C) groups is 1. The summed E-state index contributed by atoms with van der Waals surface area (Å²) in [5.41, 5.74) is 5.46. The Morgan fingerprint density at radius 2 is 1.91 bits per heavy atom. The number of pyridine rings is 1. The Morgan fingerprint density at radius 3 is 2.45 bits per heavy atom. The summed E-state index contributed by atoms with van der Waals surface area (Å²) in [6.07, 6.45) is 8.18. The van der Waals surface area contributed by atoms with E-state index in [1.165, 1.54) is 16.8 Å². The van der Waals surface area contributed by atoms with E-state index in [1.807, 2.05) is 18.2 Å². The van der Waals surface area contributed by atoms with Crippen LogP contribution in [0.1, 0.15) is 33.4 Å². The first-order valence-electron chi connectivity index (χ1n) is 7.62. The van der Waals surface area contributed by atoms with Crippen molar-refractivity contribution in [2.45, 2.75) is 27.7 Å². The highest BCUT2D eigenvalue weighted by atomic mass is 15.1. The van der Waals surface area contributed by atoms with Gasteiger partial charge in [-0.3, -0.25) is 9.98 Å². The Morgan fingerprint density at radius 1 is 1.18 bits per heavy atom. The first-order valence-corrected chi connectivity index (χ1v) is 7.62. The van der Waals surface area contributed by atoms with Gasteiger partial charge in [-0.05, 0) is 63.1 Å². The molecule has 0 amide bonds. The van der Waals surface area contributed by atoms with E-state index in [0.29, 0.717) is 0 Å². The summed E-state index contributed by atoms with van der Waals surface area (Å²) in [6, 6.07) is 5.87. The lowest BCUT2D eigenvalue weighted by Gasteiger charge is -2.16. The number of aromatic nitrogens is 1. The molecule has 0 saturated heterocycles. The third kappa shape index (κ3) is 5.32. The van der Waals surface area contributed by atoms with Gasteiger partial charge >= 0.3 is 0 Å². The predicted octanol–water partition coefficient (Wildman–Crippen LogP) is 4.25. The lowest BCUT2D eigenvalue weighted by molar-refractivity contribution is 0.443. The van der Waals surface area contributed by atoms with Gasteiger partial charge in [0, 0.05) is 32.5 Å². The first kappa shape index (κ1) is 17.9. The molecule has 1 aromatic rings. The van der Waals surface area contributed by atoms with E-state index in [2.05, 4.69) is 67.8 Å². The van der Waals surface area contributed by atoms with Crippen LogP contribution in [0.2, 0.25) is 0 Å². The molecule has 0 aromatic carbocycles. The van der Waals surface area contributed by atoms with Gasteiger partial charge in [0.15, 0.2) is 0 Å². The van der Waals surface area contributed by atoms with Crippen molar-refractivity contribution in [2.24, 2.45) is 4.99 Å². The summed E-state index contributed by atoms with van der Waals surface area (Å²) in [6.45, 7) is 9.51. The smallest absolute Gasteiger partial charge is 0.0881 e. The van der Waals surface area contributed by atoms with Crippen molar-refractivity contribution in [1.29, 1.82) is 0 Å². The molecule has 0 aliphatic heterocycles. The minimum Gasteiger partial charge on any atom is -0.378 e. The minimum absolute atomic E-state index is 0.898. The van der Waals surface area contributed by atoms with Crippen LogP contribution in [0.4, 0.5) is 0 Å². The quantitative estimate of drug-likeness (QED) is 0.580. The molecule has 3 heteroatoms. The van der Waals surface area contributed by atoms with Crippen LogP contribution < -0.4 is 0 Å². The van der Waals surface area contributed by atoms with Gasteiger partial charge in [-0.25, -0.2) is 0 Å². The van der Waals surface area contributed by atoms with Crippen molar-refractivity contribution in [3.8, 4) is 0 Å². The van der Waals surface area contributed by atoms with Gasteiger partial charge in [0.1, 0.15) is 0 Å². The average molecular weight is 297 g/mol. The largest absolute Gasteiger partial charge is 0.378 e. The number of nitrogens with zero attached hydrogens (tertiary/aromatic N) is 3. The second-order valence-corrected chi connectivity index (χ2v) is 5.32. The SMILES string of the molecule is CCN(C)C(C)=CC=C(C)C(C)=CC(=NC)c1ccccn1. The monoisotopic (exact) mass is 297 g/mol. The average Bonchev–Trinajstić information content (AvgIpc) is 2.56. The molecule has 0 N–H and O–H groups in total. The van der Waals surface area contributed by atoms with Crippen LogP contribution in [0.15, 0.2) is 64.5 Å². The van der Waals surface area contributed by atoms with E-state index in [9.17, 15) is 0 Å². The first-order chi connectivity index (χ1) is 10.5. The van der Waals surface area contributed by atoms with Gasteiger partial charge < -0.3 is 4.90 Å². The Kier molecular flexibility index (Phi) is 7.30. The van der Waals surface area contributed by atoms with Gasteiger partial charge in [0.25, 0.3) is 0 Å². The maximum Gasteiger partial charge on any atom is 0.0881 e. The molecule has 0 saturated carbocycles. The van der Waals surface area contributed by atoms with Crippen LogP contribution in [0.25, 0.3) is 0 Å². The van der Waals surface area contributed by atoms with Gasteiger partial charge in [0.2, 0.25) is 0 Å². The van der Waals surface area contributed by atoms with Crippen molar-refractivity contribution in [3.05, 3.63) is 65.2 Å². The van der Waals surface area contributed by atoms with E-state index in [0.717, 1.165) is 18.0 Å². The molecule has 1 aromatic heterocycles. The van der Waals surface area contributed by atoms with Crippen LogP contribution in [-0.2, 0) is 0 Å². The fraction of sp³-hybridized carbons (Fsp3) is 0.368. The molecule has 118 valence electrons. The third-order valence-corrected chi connectivity index (χ3v) is 3.79. The Bertz CT molecular complexity index is 592. The molecule has 1 heterocycles. The van der Waals surface area contributed by atoms with Crippen molar-refractivity contribution < 1.29 is 0 Å². The second-order valence-electron chi connectivity index (χ2n) is 5.32. The van der Waals surface area contributed by atoms with Crippen LogP contribution in [0, 0.1) is 0 Å². The highest BCUT2D eigenvalue weighted by molar-refractivity contribution is 6.07. The summed E-state index contributed by atoms with van der Waals surface area (Å²) >= 11 is 0. The molecule has 0 unspecified atom stereocenters. The summed E-state index contributed by atoms with van der Waals surface area (Å²) in [5, 5.41) is 0. The topological polar surface area (TPSA) is 28.5 Å². The lowest BCUT2D eigenvalue weighted by Crippen LogP contribution is -2.14. The van der Waals surface area contributed by atoms with E-state index in [1.54, 1.807) is 13.2 Å². The molecule has 0 spiro atoms. The summed E-state index contributed by atoms with van der Waals surface area (Å²) in [5.74, 6) is 0. The molecular formula is C19H27N3. The fourth-order valence-corrected chi connectivity index (χ4v) is 1.84. The zero-order valence-electron chi connectivity index (χ0n) is 14.6. The van der Waals surface area contributed by atoms with Crippen LogP contribution in [0.5, 0.6) is 0 Å². The Labute approximate surface area is 134 Å². The number of hydrogen-bond donors (Lipinski definition) is 0. The minimum atomic E-state index is 0.898. The molecule has 0 bridgehead atoms. The normalized spacial score (nSPS) is 14.3. The predicted molar refractivity (Wildman–Crippen MR) is 96.3 cm³/mol. The standard InChI is InChI=1S/C19H27N3/c1-7-22(6)17(4)12-11-15(2)16(3)14-19(20-5)18-10-8-9-13-21-18/h8-14H,7H2,1-6H3. The molecule has 22 heavy (non-hydrogen) atoms. The molecule has 0 aliphatic carbocycles. The highest BCUT2D eigenvalue weighted by Crippen LogP contribution is 2.12. The van der Waals surface area contributed by atoms with Crippen LogP contribution in [-0.4, -0.2) is 36.2 Å². The van der Waals surface area contributed by atoms with E-state index < -0.39 is 0 Å². The molecule has 3 nitrogen and oxygen atoms in total. The van der Waals surface area contributed by atoms with Crippen LogP contribution in [0.3, 0.4) is 0 Å². The van der Waals surface area contributed by atoms with Crippen LogP contribution >= 0.6 is 0 Å². The molecule has 0 fully saturated rings. The van der Waals surface area contributed by atoms with E-state index >= 15 is 0 Å². The summed E-state index contributed by atoms with van der Waals surface area (Å²) in [4.78, 5) is 10.9. The maximum atomic E-state index is 4.36. The van der Waals surface area contributed by atoms with Gasteiger partial charge in [0.05, 0.1) is 11.4 Å². The van der Waals surface area contributed by atoms with Crippen molar-refractivity contribution in [2.75, 3.05) is 20.6 Å². The molecular weight excluding hydrogens is 270 g/mol. The van der Waals surface area contributed by atoms with Crippen molar-refractivity contribution in [3.63, 3.8) is 0 Å². The number of allylic oxidation sites excluding steroid dienone is 6. The Hall–Kier alpha value is -2.16. The number of rotatable bonds is 6. The van der Waals surface area contributed by atoms with Gasteiger partial charge in [-0.2, -0.15) is 0 Å². The summed E-state index contributed by atoms with van der Waals surface area (Å²) in [7, 11) is 3.90.